The van der Waals surface area contributed by atoms with Crippen LogP contribution in [0, 0.1) is 0 Å². The predicted molar refractivity (Wildman–Crippen MR) is 124 cm³/mol. The Kier molecular flexibility index (Phi) is 6.12. The first-order chi connectivity index (χ1) is 13.9. The van der Waals surface area contributed by atoms with Gasteiger partial charge in [0.05, 0.1) is 17.2 Å². The SMILES string of the molecule is CPN(PC)S(=O)(=O)c1ccc2c(c1)NC[C@@]1(CCCc3cc(Cl)ccc31)CO2. The van der Waals surface area contributed by atoms with Crippen molar-refractivity contribution in [3.63, 3.8) is 0 Å². The fourth-order valence-corrected chi connectivity index (χ4v) is 8.66. The number of benzene rings is 2. The van der Waals surface area contributed by atoms with Crippen LogP contribution in [-0.4, -0.2) is 38.7 Å². The van der Waals surface area contributed by atoms with E-state index < -0.39 is 10.0 Å². The Balaban J connectivity index is 1.66. The number of hydrogen-bond acceptors (Lipinski definition) is 4. The normalized spacial score (nSPS) is 21.9. The largest absolute Gasteiger partial charge is 0.490 e. The van der Waals surface area contributed by atoms with Crippen LogP contribution in [0.5, 0.6) is 5.75 Å². The van der Waals surface area contributed by atoms with Gasteiger partial charge in [-0.3, -0.25) is 0 Å². The van der Waals surface area contributed by atoms with Gasteiger partial charge in [0, 0.05) is 17.0 Å². The fourth-order valence-electron chi connectivity index (χ4n) is 4.29. The minimum absolute atomic E-state index is 0.141. The molecule has 1 aliphatic heterocycles. The average molecular weight is 471 g/mol. The first kappa shape index (κ1) is 21.3. The van der Waals surface area contributed by atoms with E-state index in [-0.39, 0.29) is 22.9 Å². The Morgan fingerprint density at radius 2 is 1.97 bits per heavy atom. The van der Waals surface area contributed by atoms with Crippen LogP contribution >= 0.6 is 29.1 Å². The van der Waals surface area contributed by atoms with Crippen molar-refractivity contribution in [3.8, 4) is 5.75 Å². The molecule has 0 fully saturated rings. The maximum Gasteiger partial charge on any atom is 0.249 e. The van der Waals surface area contributed by atoms with Gasteiger partial charge in [0.25, 0.3) is 0 Å². The van der Waals surface area contributed by atoms with Crippen LogP contribution in [0.25, 0.3) is 0 Å². The van der Waals surface area contributed by atoms with Gasteiger partial charge in [0.1, 0.15) is 5.75 Å². The van der Waals surface area contributed by atoms with Gasteiger partial charge in [-0.2, -0.15) is 3.85 Å². The number of ether oxygens (including phenoxy) is 1. The van der Waals surface area contributed by atoms with Crippen molar-refractivity contribution in [2.24, 2.45) is 0 Å². The lowest BCUT2D eigenvalue weighted by Gasteiger charge is -2.37. The lowest BCUT2D eigenvalue weighted by molar-refractivity contribution is 0.210. The molecule has 2 aromatic rings. The highest BCUT2D eigenvalue weighted by Gasteiger charge is 2.39. The smallest absolute Gasteiger partial charge is 0.249 e. The maximum atomic E-state index is 12.9. The molecule has 3 atom stereocenters. The summed E-state index contributed by atoms with van der Waals surface area (Å²) in [5.41, 5.74) is 3.17. The molecule has 9 heteroatoms. The van der Waals surface area contributed by atoms with E-state index in [1.807, 2.05) is 19.4 Å². The van der Waals surface area contributed by atoms with Crippen LogP contribution in [0.2, 0.25) is 5.02 Å². The van der Waals surface area contributed by atoms with E-state index in [9.17, 15) is 8.42 Å². The Bertz CT molecular complexity index is 1030. The van der Waals surface area contributed by atoms with Crippen LogP contribution in [0.1, 0.15) is 24.0 Å². The van der Waals surface area contributed by atoms with Crippen molar-refractivity contribution >= 4 is 44.8 Å². The molecule has 0 aromatic heterocycles. The van der Waals surface area contributed by atoms with Gasteiger partial charge in [-0.25, -0.2) is 8.42 Å². The summed E-state index contributed by atoms with van der Waals surface area (Å²) in [5.74, 6) is 0.700. The Morgan fingerprint density at radius 1 is 1.17 bits per heavy atom. The molecule has 1 heterocycles. The van der Waals surface area contributed by atoms with Crippen LogP contribution in [-0.2, 0) is 21.9 Å². The van der Waals surface area contributed by atoms with Crippen LogP contribution in [0.15, 0.2) is 41.3 Å². The monoisotopic (exact) mass is 470 g/mol. The molecule has 0 saturated carbocycles. The van der Waals surface area contributed by atoms with Crippen molar-refractivity contribution in [2.75, 3.05) is 31.8 Å². The molecule has 4 rings (SSSR count). The first-order valence-electron chi connectivity index (χ1n) is 9.59. The van der Waals surface area contributed by atoms with Crippen molar-refractivity contribution in [1.29, 1.82) is 0 Å². The van der Waals surface area contributed by atoms with E-state index >= 15 is 0 Å². The molecule has 0 amide bonds. The predicted octanol–water partition coefficient (Wildman–Crippen LogP) is 4.86. The first-order valence-corrected chi connectivity index (χ1v) is 14.3. The Labute approximate surface area is 181 Å². The number of fused-ring (bicyclic) bond motifs is 3. The molecule has 0 bridgehead atoms. The van der Waals surface area contributed by atoms with Gasteiger partial charge >= 0.3 is 0 Å². The lowest BCUT2D eigenvalue weighted by atomic mass is 9.70. The molecule has 156 valence electrons. The number of aryl methyl sites for hydroxylation is 1. The minimum Gasteiger partial charge on any atom is -0.490 e. The average Bonchev–Trinajstić information content (AvgIpc) is 2.89. The summed E-state index contributed by atoms with van der Waals surface area (Å²) in [4.78, 5) is 0.308. The van der Waals surface area contributed by atoms with Crippen molar-refractivity contribution in [2.45, 2.75) is 29.6 Å². The quantitative estimate of drug-likeness (QED) is 0.649. The zero-order valence-electron chi connectivity index (χ0n) is 16.5. The van der Waals surface area contributed by atoms with Gasteiger partial charge in [-0.05, 0) is 91.5 Å². The van der Waals surface area contributed by atoms with Crippen LogP contribution in [0.3, 0.4) is 0 Å². The number of halogens is 1. The Hall–Kier alpha value is -0.900. The number of nitrogens with one attached hydrogen (secondary N) is 1. The molecule has 2 aromatic carbocycles. The third kappa shape index (κ3) is 3.91. The highest BCUT2D eigenvalue weighted by atomic mass is 35.5. The third-order valence-corrected chi connectivity index (χ3v) is 12.0. The second-order valence-electron chi connectivity index (χ2n) is 7.45. The highest BCUT2D eigenvalue weighted by Crippen LogP contribution is 2.43. The molecule has 29 heavy (non-hydrogen) atoms. The molecule has 0 saturated heterocycles. The van der Waals surface area contributed by atoms with Gasteiger partial charge in [0.15, 0.2) is 0 Å². The number of nitrogens with zero attached hydrogens (tertiary/aromatic N) is 1. The van der Waals surface area contributed by atoms with Gasteiger partial charge in [0.2, 0.25) is 10.0 Å². The summed E-state index contributed by atoms with van der Waals surface area (Å²) in [6, 6.07) is 11.3. The molecular formula is C20H25ClN2O3P2S. The molecule has 0 radical (unpaired) electrons. The summed E-state index contributed by atoms with van der Waals surface area (Å²) < 4.78 is 33.6. The molecule has 1 aliphatic carbocycles. The van der Waals surface area contributed by atoms with Gasteiger partial charge in [-0.15, -0.1) is 0 Å². The number of hydrogen-bond donors (Lipinski definition) is 1. The number of anilines is 1. The summed E-state index contributed by atoms with van der Waals surface area (Å²) in [7, 11) is -3.07. The minimum atomic E-state index is -3.49. The standard InChI is InChI=1S/C20H25ClN2O3P2S/c1-27-23(28-2)29(24,25)16-6-8-19-18(11-16)22-12-20(13-26-19)9-3-4-14-10-15(21)5-7-17(14)20/h5-8,10-11,22,27-28H,3-4,9,12-13H2,1-2H3/t20-/m0/s1. The second kappa shape index (κ2) is 8.32. The molecule has 2 unspecified atom stereocenters. The molecule has 1 spiro atoms. The molecule has 2 aliphatic rings. The zero-order chi connectivity index (χ0) is 20.6. The van der Waals surface area contributed by atoms with Gasteiger partial charge < -0.3 is 10.1 Å². The number of sulfonamides is 1. The summed E-state index contributed by atoms with van der Waals surface area (Å²) >= 11 is 6.21. The summed E-state index contributed by atoms with van der Waals surface area (Å²) in [6.45, 7) is 5.03. The third-order valence-electron chi connectivity index (χ3n) is 5.76. The molecule has 5 nitrogen and oxygen atoms in total. The van der Waals surface area contributed by atoms with E-state index in [0.717, 1.165) is 30.0 Å². The topological polar surface area (TPSA) is 58.6 Å². The van der Waals surface area contributed by atoms with Gasteiger partial charge in [-0.1, -0.05) is 17.7 Å². The van der Waals surface area contributed by atoms with E-state index in [1.165, 1.54) is 15.0 Å². The number of rotatable bonds is 4. The van der Waals surface area contributed by atoms with Crippen molar-refractivity contribution in [1.82, 2.24) is 3.85 Å². The second-order valence-corrected chi connectivity index (χ2v) is 12.6. The van der Waals surface area contributed by atoms with Crippen molar-refractivity contribution < 1.29 is 13.2 Å². The lowest BCUT2D eigenvalue weighted by Crippen LogP contribution is -2.41. The van der Waals surface area contributed by atoms with E-state index in [1.54, 1.807) is 18.2 Å². The molecule has 1 N–H and O–H groups in total. The zero-order valence-corrected chi connectivity index (χ0v) is 20.0. The summed E-state index contributed by atoms with van der Waals surface area (Å²) in [6.07, 6.45) is 3.13. The highest BCUT2D eigenvalue weighted by molar-refractivity contribution is 7.97. The Morgan fingerprint density at radius 3 is 2.72 bits per heavy atom. The summed E-state index contributed by atoms with van der Waals surface area (Å²) in [5, 5.41) is 4.26. The maximum absolute atomic E-state index is 12.9. The van der Waals surface area contributed by atoms with E-state index in [4.69, 9.17) is 16.3 Å². The fraction of sp³-hybridized carbons (Fsp3) is 0.400. The van der Waals surface area contributed by atoms with E-state index in [2.05, 4.69) is 17.4 Å². The van der Waals surface area contributed by atoms with Crippen LogP contribution < -0.4 is 10.1 Å². The van der Waals surface area contributed by atoms with E-state index in [0.29, 0.717) is 23.8 Å². The van der Waals surface area contributed by atoms with Crippen LogP contribution in [0.4, 0.5) is 5.69 Å². The van der Waals surface area contributed by atoms with Crippen molar-refractivity contribution in [3.05, 3.63) is 52.5 Å². The molecular weight excluding hydrogens is 446 g/mol.